The molecule has 2 aliphatic rings. The monoisotopic (exact) mass is 176 g/mol. The van der Waals surface area contributed by atoms with Crippen molar-refractivity contribution in [3.8, 4) is 0 Å². The van der Waals surface area contributed by atoms with Crippen molar-refractivity contribution in [3.05, 3.63) is 0 Å². The van der Waals surface area contributed by atoms with Gasteiger partial charge in [-0.1, -0.05) is 0 Å². The third kappa shape index (κ3) is 0.807. The van der Waals surface area contributed by atoms with E-state index >= 15 is 0 Å². The van der Waals surface area contributed by atoms with E-state index in [9.17, 15) is 13.6 Å². The molecule has 0 aromatic carbocycles. The predicted molar refractivity (Wildman–Crippen MR) is 37.0 cm³/mol. The molecule has 0 radical (unpaired) electrons. The summed E-state index contributed by atoms with van der Waals surface area (Å²) in [4.78, 5) is 10.7. The summed E-state index contributed by atoms with van der Waals surface area (Å²) < 4.78 is 26.0. The van der Waals surface area contributed by atoms with Crippen LogP contribution in [0.4, 0.5) is 8.78 Å². The highest BCUT2D eigenvalue weighted by atomic mass is 19.3. The summed E-state index contributed by atoms with van der Waals surface area (Å²) >= 11 is 0. The maximum Gasteiger partial charge on any atom is 0.309 e. The van der Waals surface area contributed by atoms with E-state index < -0.39 is 29.6 Å². The number of carbonyl (C=O) groups is 1. The Hall–Kier alpha value is -0.670. The Bertz CT molecular complexity index is 239. The zero-order valence-corrected chi connectivity index (χ0v) is 6.52. The molecule has 0 spiro atoms. The number of carboxylic acid groups (broad SMARTS) is 1. The molecule has 2 unspecified atom stereocenters. The molecular formula is C8H10F2O2. The van der Waals surface area contributed by atoms with Crippen molar-refractivity contribution in [1.82, 2.24) is 0 Å². The Labute approximate surface area is 68.6 Å². The molecule has 2 saturated carbocycles. The van der Waals surface area contributed by atoms with Gasteiger partial charge in [-0.2, -0.15) is 0 Å². The second-order valence-corrected chi connectivity index (χ2v) is 3.96. The lowest BCUT2D eigenvalue weighted by Gasteiger charge is -2.25. The van der Waals surface area contributed by atoms with E-state index in [4.69, 9.17) is 5.11 Å². The molecule has 1 N–H and O–H groups in total. The van der Waals surface area contributed by atoms with Crippen molar-refractivity contribution in [2.75, 3.05) is 0 Å². The Balaban J connectivity index is 2.29. The third-order valence-electron chi connectivity index (χ3n) is 3.23. The van der Waals surface area contributed by atoms with Crippen LogP contribution in [0.5, 0.6) is 0 Å². The van der Waals surface area contributed by atoms with E-state index in [2.05, 4.69) is 0 Å². The minimum atomic E-state index is -2.73. The lowest BCUT2D eigenvalue weighted by atomic mass is 9.83. The molecule has 0 heterocycles. The van der Waals surface area contributed by atoms with Gasteiger partial charge in [0, 0.05) is 12.3 Å². The average molecular weight is 176 g/mol. The van der Waals surface area contributed by atoms with Crippen LogP contribution in [0.15, 0.2) is 0 Å². The summed E-state index contributed by atoms with van der Waals surface area (Å²) in [6.45, 7) is 0. The Kier molecular flexibility index (Phi) is 1.31. The van der Waals surface area contributed by atoms with Gasteiger partial charge < -0.3 is 5.11 Å². The van der Waals surface area contributed by atoms with Gasteiger partial charge in [-0.25, -0.2) is 8.78 Å². The molecule has 4 heteroatoms. The maximum atomic E-state index is 13.0. The van der Waals surface area contributed by atoms with E-state index in [1.165, 1.54) is 0 Å². The van der Waals surface area contributed by atoms with Crippen LogP contribution < -0.4 is 0 Å². The number of rotatable bonds is 1. The maximum absolute atomic E-state index is 13.0. The summed E-state index contributed by atoms with van der Waals surface area (Å²) in [5, 5.41) is 8.79. The van der Waals surface area contributed by atoms with Crippen molar-refractivity contribution in [1.29, 1.82) is 0 Å². The van der Waals surface area contributed by atoms with Crippen LogP contribution in [0.2, 0.25) is 0 Å². The Morgan fingerprint density at radius 2 is 2.17 bits per heavy atom. The van der Waals surface area contributed by atoms with Crippen molar-refractivity contribution >= 4 is 5.97 Å². The molecule has 0 amide bonds. The molecule has 2 fully saturated rings. The quantitative estimate of drug-likeness (QED) is 0.662. The standard InChI is InChI=1S/C8H10F2O2/c9-8(10)4-7(6(11)12)2-1-5(8)3-7/h5H,1-4H2,(H,11,12). The van der Waals surface area contributed by atoms with Crippen LogP contribution in [0.25, 0.3) is 0 Å². The number of carboxylic acids is 1. The molecule has 2 aliphatic carbocycles. The molecule has 12 heavy (non-hydrogen) atoms. The lowest BCUT2D eigenvalue weighted by molar-refractivity contribution is -0.152. The Morgan fingerprint density at radius 1 is 1.50 bits per heavy atom. The van der Waals surface area contributed by atoms with Crippen LogP contribution in [-0.4, -0.2) is 17.0 Å². The fourth-order valence-electron chi connectivity index (χ4n) is 2.51. The third-order valence-corrected chi connectivity index (χ3v) is 3.23. The highest BCUT2D eigenvalue weighted by Crippen LogP contribution is 2.61. The van der Waals surface area contributed by atoms with E-state index in [1.807, 2.05) is 0 Å². The van der Waals surface area contributed by atoms with Gasteiger partial charge in [-0.15, -0.1) is 0 Å². The second-order valence-electron chi connectivity index (χ2n) is 3.96. The normalized spacial score (nSPS) is 43.3. The number of fused-ring (bicyclic) bond motifs is 2. The number of halogens is 2. The molecule has 0 aliphatic heterocycles. The summed E-state index contributed by atoms with van der Waals surface area (Å²) in [5.41, 5.74) is -1.09. The molecule has 2 atom stereocenters. The summed E-state index contributed by atoms with van der Waals surface area (Å²) in [5.74, 6) is -4.44. The van der Waals surface area contributed by atoms with Crippen molar-refractivity contribution in [2.45, 2.75) is 31.6 Å². The summed E-state index contributed by atoms with van der Waals surface area (Å²) in [6.07, 6.45) is 0.539. The SMILES string of the molecule is O=C(O)C12CCC(C1)C(F)(F)C2. The number of hydrogen-bond acceptors (Lipinski definition) is 1. The second kappa shape index (κ2) is 1.98. The van der Waals surface area contributed by atoms with Crippen LogP contribution in [0.1, 0.15) is 25.7 Å². The van der Waals surface area contributed by atoms with E-state index in [0.29, 0.717) is 12.8 Å². The summed E-state index contributed by atoms with van der Waals surface area (Å²) in [6, 6.07) is 0. The van der Waals surface area contributed by atoms with E-state index in [1.54, 1.807) is 0 Å². The smallest absolute Gasteiger partial charge is 0.309 e. The first kappa shape index (κ1) is 7.95. The number of alkyl halides is 2. The molecular weight excluding hydrogens is 166 g/mol. The highest BCUT2D eigenvalue weighted by molar-refractivity contribution is 5.76. The zero-order chi connectivity index (χ0) is 8.98. The zero-order valence-electron chi connectivity index (χ0n) is 6.52. The highest BCUT2D eigenvalue weighted by Gasteiger charge is 2.63. The minimum Gasteiger partial charge on any atom is -0.481 e. The average Bonchev–Trinajstić information content (AvgIpc) is 2.41. The fourth-order valence-corrected chi connectivity index (χ4v) is 2.51. The molecule has 0 aromatic rings. The largest absolute Gasteiger partial charge is 0.481 e. The van der Waals surface area contributed by atoms with Gasteiger partial charge >= 0.3 is 5.97 Å². The van der Waals surface area contributed by atoms with E-state index in [0.717, 1.165) is 0 Å². The van der Waals surface area contributed by atoms with Gasteiger partial charge in [0.1, 0.15) is 0 Å². The first-order valence-electron chi connectivity index (χ1n) is 4.08. The van der Waals surface area contributed by atoms with Crippen molar-refractivity contribution in [3.63, 3.8) is 0 Å². The van der Waals surface area contributed by atoms with Crippen molar-refractivity contribution < 1.29 is 18.7 Å². The van der Waals surface area contributed by atoms with Gasteiger partial charge in [0.25, 0.3) is 5.92 Å². The van der Waals surface area contributed by atoms with Gasteiger partial charge in [-0.05, 0) is 19.3 Å². The first-order chi connectivity index (χ1) is 5.46. The van der Waals surface area contributed by atoms with Gasteiger partial charge in [0.15, 0.2) is 0 Å². The topological polar surface area (TPSA) is 37.3 Å². The van der Waals surface area contributed by atoms with E-state index in [-0.39, 0.29) is 6.42 Å². The predicted octanol–water partition coefficient (Wildman–Crippen LogP) is 1.90. The lowest BCUT2D eigenvalue weighted by Crippen LogP contribution is -2.32. The number of aliphatic carboxylic acids is 1. The van der Waals surface area contributed by atoms with Crippen molar-refractivity contribution in [2.24, 2.45) is 11.3 Å². The molecule has 0 saturated heterocycles. The molecule has 2 rings (SSSR count). The van der Waals surface area contributed by atoms with Crippen LogP contribution in [0.3, 0.4) is 0 Å². The molecule has 0 aromatic heterocycles. The minimum absolute atomic E-state index is 0.176. The fraction of sp³-hybridized carbons (Fsp3) is 0.875. The van der Waals surface area contributed by atoms with Gasteiger partial charge in [-0.3, -0.25) is 4.79 Å². The van der Waals surface area contributed by atoms with Crippen LogP contribution in [0, 0.1) is 11.3 Å². The summed E-state index contributed by atoms with van der Waals surface area (Å²) in [7, 11) is 0. The Morgan fingerprint density at radius 3 is 2.42 bits per heavy atom. The molecule has 2 nitrogen and oxygen atoms in total. The first-order valence-corrected chi connectivity index (χ1v) is 4.08. The van der Waals surface area contributed by atoms with Crippen LogP contribution in [-0.2, 0) is 4.79 Å². The molecule has 2 bridgehead atoms. The van der Waals surface area contributed by atoms with Gasteiger partial charge in [0.2, 0.25) is 0 Å². The molecule has 68 valence electrons. The van der Waals surface area contributed by atoms with Gasteiger partial charge in [0.05, 0.1) is 5.41 Å². The number of hydrogen-bond donors (Lipinski definition) is 1. The van der Waals surface area contributed by atoms with Crippen LogP contribution >= 0.6 is 0 Å².